The summed E-state index contributed by atoms with van der Waals surface area (Å²) in [5.41, 5.74) is 0. The molecule has 2 saturated heterocycles. The van der Waals surface area contributed by atoms with Gasteiger partial charge in [-0.1, -0.05) is 6.92 Å². The minimum absolute atomic E-state index is 0.216. The summed E-state index contributed by atoms with van der Waals surface area (Å²) >= 11 is 0. The number of rotatable bonds is 6. The third-order valence-electron chi connectivity index (χ3n) is 4.38. The fourth-order valence-electron chi connectivity index (χ4n) is 3.13. The molecule has 0 aromatic rings. The van der Waals surface area contributed by atoms with Gasteiger partial charge in [0.1, 0.15) is 0 Å². The van der Waals surface area contributed by atoms with Crippen LogP contribution in [-0.2, 0) is 14.3 Å². The van der Waals surface area contributed by atoms with Crippen molar-refractivity contribution >= 4 is 5.91 Å². The van der Waals surface area contributed by atoms with Crippen molar-refractivity contribution in [2.24, 2.45) is 5.92 Å². The SMILES string of the molecule is C[C@@H]1CN(C(=O)CCOC[C@H]2CCCO2)C[C@@H]1N(C)C. The van der Waals surface area contributed by atoms with E-state index in [1.807, 2.05) is 4.90 Å². The first-order chi connectivity index (χ1) is 9.58. The van der Waals surface area contributed by atoms with Crippen molar-refractivity contribution in [3.05, 3.63) is 0 Å². The minimum atomic E-state index is 0.216. The average molecular weight is 284 g/mol. The van der Waals surface area contributed by atoms with Gasteiger partial charge in [-0.25, -0.2) is 0 Å². The van der Waals surface area contributed by atoms with Gasteiger partial charge in [0.05, 0.1) is 25.7 Å². The molecule has 2 aliphatic rings. The Hall–Kier alpha value is -0.650. The highest BCUT2D eigenvalue weighted by atomic mass is 16.5. The van der Waals surface area contributed by atoms with E-state index in [0.717, 1.165) is 32.5 Å². The molecule has 0 bridgehead atoms. The molecule has 3 atom stereocenters. The second-order valence-corrected chi connectivity index (χ2v) is 6.27. The standard InChI is InChI=1S/C15H28N2O3/c1-12-9-17(10-14(12)16(2)3)15(18)6-8-19-11-13-5-4-7-20-13/h12-14H,4-11H2,1-3H3/t12-,13-,14+/m1/s1. The van der Waals surface area contributed by atoms with Crippen LogP contribution in [0.25, 0.3) is 0 Å². The molecule has 116 valence electrons. The van der Waals surface area contributed by atoms with Gasteiger partial charge in [-0.2, -0.15) is 0 Å². The number of hydrogen-bond donors (Lipinski definition) is 0. The molecule has 2 aliphatic heterocycles. The summed E-state index contributed by atoms with van der Waals surface area (Å²) in [5.74, 6) is 0.760. The zero-order valence-electron chi connectivity index (χ0n) is 13.0. The van der Waals surface area contributed by atoms with E-state index in [9.17, 15) is 4.79 Å². The van der Waals surface area contributed by atoms with Gasteiger partial charge in [0.15, 0.2) is 0 Å². The van der Waals surface area contributed by atoms with Crippen LogP contribution in [0.3, 0.4) is 0 Å². The largest absolute Gasteiger partial charge is 0.378 e. The topological polar surface area (TPSA) is 42.0 Å². The molecule has 5 heteroatoms. The Labute approximate surface area is 122 Å². The monoisotopic (exact) mass is 284 g/mol. The summed E-state index contributed by atoms with van der Waals surface area (Å²) in [6, 6.07) is 0.478. The van der Waals surface area contributed by atoms with E-state index in [1.165, 1.54) is 0 Å². The van der Waals surface area contributed by atoms with Crippen molar-refractivity contribution in [2.75, 3.05) is 47.0 Å². The summed E-state index contributed by atoms with van der Waals surface area (Å²) in [6.45, 7) is 5.92. The molecule has 0 radical (unpaired) electrons. The minimum Gasteiger partial charge on any atom is -0.378 e. The number of carbonyl (C=O) groups is 1. The van der Waals surface area contributed by atoms with E-state index in [4.69, 9.17) is 9.47 Å². The van der Waals surface area contributed by atoms with Crippen LogP contribution in [0.1, 0.15) is 26.2 Å². The Balaban J connectivity index is 1.62. The number of hydrogen-bond acceptors (Lipinski definition) is 4. The molecule has 5 nitrogen and oxygen atoms in total. The first-order valence-electron chi connectivity index (χ1n) is 7.71. The van der Waals surface area contributed by atoms with Crippen molar-refractivity contribution in [2.45, 2.75) is 38.3 Å². The maximum Gasteiger partial charge on any atom is 0.224 e. The lowest BCUT2D eigenvalue weighted by molar-refractivity contribution is -0.131. The van der Waals surface area contributed by atoms with Crippen LogP contribution in [-0.4, -0.2) is 74.9 Å². The molecule has 0 unspecified atom stereocenters. The van der Waals surface area contributed by atoms with Crippen LogP contribution in [0.5, 0.6) is 0 Å². The smallest absolute Gasteiger partial charge is 0.224 e. The van der Waals surface area contributed by atoms with Crippen LogP contribution >= 0.6 is 0 Å². The van der Waals surface area contributed by atoms with Gasteiger partial charge in [-0.05, 0) is 32.9 Å². The van der Waals surface area contributed by atoms with E-state index in [0.29, 0.717) is 31.6 Å². The molecule has 0 saturated carbocycles. The van der Waals surface area contributed by atoms with E-state index in [-0.39, 0.29) is 12.0 Å². The Morgan fingerprint density at radius 1 is 1.40 bits per heavy atom. The van der Waals surface area contributed by atoms with E-state index in [1.54, 1.807) is 0 Å². The Kier molecular flexibility index (Phi) is 5.81. The fourth-order valence-corrected chi connectivity index (χ4v) is 3.13. The molecule has 0 spiro atoms. The molecule has 0 aromatic heterocycles. The molecule has 2 rings (SSSR count). The zero-order valence-corrected chi connectivity index (χ0v) is 13.0. The number of nitrogens with zero attached hydrogens (tertiary/aromatic N) is 2. The van der Waals surface area contributed by atoms with Crippen LogP contribution in [0.15, 0.2) is 0 Å². The number of likely N-dealkylation sites (tertiary alicyclic amines) is 1. The van der Waals surface area contributed by atoms with Crippen LogP contribution in [0, 0.1) is 5.92 Å². The first-order valence-corrected chi connectivity index (χ1v) is 7.71. The van der Waals surface area contributed by atoms with Gasteiger partial charge in [0.25, 0.3) is 0 Å². The summed E-state index contributed by atoms with van der Waals surface area (Å²) in [6.07, 6.45) is 2.95. The van der Waals surface area contributed by atoms with Gasteiger partial charge < -0.3 is 19.3 Å². The zero-order chi connectivity index (χ0) is 14.5. The van der Waals surface area contributed by atoms with Gasteiger partial charge in [-0.3, -0.25) is 4.79 Å². The van der Waals surface area contributed by atoms with Crippen molar-refractivity contribution in [3.8, 4) is 0 Å². The van der Waals surface area contributed by atoms with Crippen LogP contribution in [0.4, 0.5) is 0 Å². The summed E-state index contributed by atoms with van der Waals surface area (Å²) in [4.78, 5) is 16.3. The van der Waals surface area contributed by atoms with Crippen molar-refractivity contribution in [3.63, 3.8) is 0 Å². The van der Waals surface area contributed by atoms with Gasteiger partial charge in [0.2, 0.25) is 5.91 Å². The first kappa shape index (κ1) is 15.7. The lowest BCUT2D eigenvalue weighted by atomic mass is 10.1. The van der Waals surface area contributed by atoms with Gasteiger partial charge in [0, 0.05) is 25.7 Å². The highest BCUT2D eigenvalue weighted by molar-refractivity contribution is 5.76. The third-order valence-corrected chi connectivity index (χ3v) is 4.38. The van der Waals surface area contributed by atoms with Crippen molar-refractivity contribution < 1.29 is 14.3 Å². The molecule has 0 aromatic carbocycles. The maximum absolute atomic E-state index is 12.2. The number of amides is 1. The quantitative estimate of drug-likeness (QED) is 0.682. The Morgan fingerprint density at radius 3 is 2.80 bits per heavy atom. The van der Waals surface area contributed by atoms with E-state index in [2.05, 4.69) is 25.9 Å². The van der Waals surface area contributed by atoms with E-state index < -0.39 is 0 Å². The highest BCUT2D eigenvalue weighted by Gasteiger charge is 2.33. The molecular weight excluding hydrogens is 256 g/mol. The number of ether oxygens (including phenoxy) is 2. The van der Waals surface area contributed by atoms with Gasteiger partial charge in [-0.15, -0.1) is 0 Å². The molecular formula is C15H28N2O3. The van der Waals surface area contributed by atoms with Crippen molar-refractivity contribution in [1.29, 1.82) is 0 Å². The molecule has 2 fully saturated rings. The lowest BCUT2D eigenvalue weighted by Gasteiger charge is -2.22. The fraction of sp³-hybridized carbons (Fsp3) is 0.933. The molecule has 2 heterocycles. The second-order valence-electron chi connectivity index (χ2n) is 6.27. The summed E-state index contributed by atoms with van der Waals surface area (Å²) in [7, 11) is 4.17. The van der Waals surface area contributed by atoms with Crippen LogP contribution in [0.2, 0.25) is 0 Å². The van der Waals surface area contributed by atoms with Gasteiger partial charge >= 0.3 is 0 Å². The normalized spacial score (nSPS) is 30.4. The maximum atomic E-state index is 12.2. The van der Waals surface area contributed by atoms with E-state index >= 15 is 0 Å². The summed E-state index contributed by atoms with van der Waals surface area (Å²) in [5, 5.41) is 0. The predicted octanol–water partition coefficient (Wildman–Crippen LogP) is 0.981. The Morgan fingerprint density at radius 2 is 2.20 bits per heavy atom. The molecule has 0 N–H and O–H groups in total. The van der Waals surface area contributed by atoms with Crippen LogP contribution < -0.4 is 0 Å². The molecule has 20 heavy (non-hydrogen) atoms. The second kappa shape index (κ2) is 7.38. The highest BCUT2D eigenvalue weighted by Crippen LogP contribution is 2.20. The lowest BCUT2D eigenvalue weighted by Crippen LogP contribution is -2.36. The molecule has 1 amide bonds. The molecule has 0 aliphatic carbocycles. The average Bonchev–Trinajstić information content (AvgIpc) is 3.03. The number of carbonyl (C=O) groups excluding carboxylic acids is 1. The van der Waals surface area contributed by atoms with Crippen molar-refractivity contribution in [1.82, 2.24) is 9.80 Å². The third kappa shape index (κ3) is 4.17. The summed E-state index contributed by atoms with van der Waals surface area (Å²) < 4.78 is 11.1. The predicted molar refractivity (Wildman–Crippen MR) is 77.6 cm³/mol. The number of likely N-dealkylation sites (N-methyl/N-ethyl adjacent to an activating group) is 1. The Bertz CT molecular complexity index is 316.